The number of benzene rings is 1. The van der Waals surface area contributed by atoms with Crippen LogP contribution in [0.5, 0.6) is 0 Å². The van der Waals surface area contributed by atoms with E-state index in [-0.39, 0.29) is 11.7 Å². The molecule has 3 rings (SSSR count). The van der Waals surface area contributed by atoms with Crippen LogP contribution in [0.3, 0.4) is 0 Å². The van der Waals surface area contributed by atoms with Crippen LogP contribution in [0.2, 0.25) is 0 Å². The summed E-state index contributed by atoms with van der Waals surface area (Å²) < 4.78 is 26.7. The molecule has 0 atom stereocenters. The maximum absolute atomic E-state index is 12.6. The average Bonchev–Trinajstić information content (AvgIpc) is 3.15. The molecule has 1 aliphatic rings. The molecule has 0 N–H and O–H groups in total. The van der Waals surface area contributed by atoms with Gasteiger partial charge in [-0.15, -0.1) is 11.3 Å². The molecule has 0 aliphatic carbocycles. The van der Waals surface area contributed by atoms with Crippen molar-refractivity contribution in [2.24, 2.45) is 0 Å². The van der Waals surface area contributed by atoms with Gasteiger partial charge in [-0.1, -0.05) is 36.4 Å². The maximum Gasteiger partial charge on any atom is 0.236 e. The summed E-state index contributed by atoms with van der Waals surface area (Å²) in [6, 6.07) is 13.3. The summed E-state index contributed by atoms with van der Waals surface area (Å²) in [4.78, 5) is 17.5. The Morgan fingerprint density at radius 2 is 1.78 bits per heavy atom. The number of amides is 1. The van der Waals surface area contributed by atoms with E-state index in [1.807, 2.05) is 53.7 Å². The van der Waals surface area contributed by atoms with Crippen LogP contribution in [-0.2, 0) is 27.1 Å². The number of likely N-dealkylation sites (N-methyl/N-ethyl adjacent to an activating group) is 1. The summed E-state index contributed by atoms with van der Waals surface area (Å²) in [5.41, 5.74) is 0.784. The van der Waals surface area contributed by atoms with E-state index >= 15 is 0 Å². The minimum atomic E-state index is -3.36. The summed E-state index contributed by atoms with van der Waals surface area (Å²) in [7, 11) is -1.43. The van der Waals surface area contributed by atoms with E-state index in [0.717, 1.165) is 12.1 Å². The molecular formula is C19H25N3O3S2. The van der Waals surface area contributed by atoms with Gasteiger partial charge >= 0.3 is 0 Å². The van der Waals surface area contributed by atoms with Crippen LogP contribution in [0.15, 0.2) is 47.8 Å². The Hall–Kier alpha value is -1.74. The molecule has 146 valence electrons. The van der Waals surface area contributed by atoms with Crippen LogP contribution in [0, 0.1) is 0 Å². The Morgan fingerprint density at radius 1 is 1.07 bits per heavy atom. The molecule has 0 spiro atoms. The monoisotopic (exact) mass is 407 g/mol. The van der Waals surface area contributed by atoms with E-state index in [9.17, 15) is 13.2 Å². The van der Waals surface area contributed by atoms with Gasteiger partial charge in [0.1, 0.15) is 0 Å². The Kier molecular flexibility index (Phi) is 6.64. The largest absolute Gasteiger partial charge is 0.339 e. The van der Waals surface area contributed by atoms with Gasteiger partial charge in [0, 0.05) is 37.6 Å². The number of thiophene rings is 1. The van der Waals surface area contributed by atoms with Gasteiger partial charge in [-0.05, 0) is 24.1 Å². The number of sulfonamides is 1. The summed E-state index contributed by atoms with van der Waals surface area (Å²) in [6.07, 6.45) is 0. The molecule has 6 nitrogen and oxygen atoms in total. The second-order valence-corrected chi connectivity index (χ2v) is 9.77. The van der Waals surface area contributed by atoms with Crippen molar-refractivity contribution < 1.29 is 13.2 Å². The van der Waals surface area contributed by atoms with Crippen LogP contribution in [0.1, 0.15) is 10.4 Å². The lowest BCUT2D eigenvalue weighted by molar-refractivity contribution is -0.133. The van der Waals surface area contributed by atoms with E-state index in [1.165, 1.54) is 9.18 Å². The van der Waals surface area contributed by atoms with Crippen molar-refractivity contribution in [1.29, 1.82) is 0 Å². The predicted octanol–water partition coefficient (Wildman–Crippen LogP) is 1.85. The lowest BCUT2D eigenvalue weighted by Gasteiger charge is -2.34. The lowest BCUT2D eigenvalue weighted by Crippen LogP contribution is -2.52. The Morgan fingerprint density at radius 3 is 2.41 bits per heavy atom. The topological polar surface area (TPSA) is 60.9 Å². The molecule has 27 heavy (non-hydrogen) atoms. The summed E-state index contributed by atoms with van der Waals surface area (Å²) >= 11 is 1.68. The van der Waals surface area contributed by atoms with Gasteiger partial charge in [0.15, 0.2) is 0 Å². The number of hydrogen-bond acceptors (Lipinski definition) is 5. The molecule has 2 heterocycles. The van der Waals surface area contributed by atoms with Gasteiger partial charge in [0.2, 0.25) is 15.9 Å². The number of carbonyl (C=O) groups excluding carboxylic acids is 1. The standard InChI is InChI=1S/C19H25N3O3S2/c1-20(14-18-8-5-13-26-18)15-19(23)21-9-11-22(12-10-21)27(24,25)16-17-6-3-2-4-7-17/h2-8,13H,9-12,14-16H2,1H3. The van der Waals surface area contributed by atoms with Crippen LogP contribution in [0.25, 0.3) is 0 Å². The maximum atomic E-state index is 12.6. The summed E-state index contributed by atoms with van der Waals surface area (Å²) in [6.45, 7) is 2.69. The number of nitrogens with zero attached hydrogens (tertiary/aromatic N) is 3. The van der Waals surface area contributed by atoms with E-state index in [2.05, 4.69) is 6.07 Å². The predicted molar refractivity (Wildman–Crippen MR) is 108 cm³/mol. The molecule has 1 fully saturated rings. The Labute approximate surface area is 165 Å². The third kappa shape index (κ3) is 5.62. The lowest BCUT2D eigenvalue weighted by atomic mass is 10.2. The number of carbonyl (C=O) groups is 1. The molecule has 1 amide bonds. The smallest absolute Gasteiger partial charge is 0.236 e. The molecule has 2 aromatic rings. The minimum absolute atomic E-state index is 0.00530. The van der Waals surface area contributed by atoms with Crippen molar-refractivity contribution in [2.75, 3.05) is 39.8 Å². The molecule has 8 heteroatoms. The quantitative estimate of drug-likeness (QED) is 0.703. The first-order valence-electron chi connectivity index (χ1n) is 8.94. The molecule has 1 aliphatic heterocycles. The summed E-state index contributed by atoms with van der Waals surface area (Å²) in [5.74, 6) is 0.0554. The van der Waals surface area contributed by atoms with Crippen LogP contribution < -0.4 is 0 Å². The van der Waals surface area contributed by atoms with Crippen LogP contribution in [-0.4, -0.2) is 68.2 Å². The van der Waals surface area contributed by atoms with Gasteiger partial charge in [0.05, 0.1) is 12.3 Å². The van der Waals surface area contributed by atoms with Gasteiger partial charge in [-0.2, -0.15) is 4.31 Å². The molecule has 1 saturated heterocycles. The van der Waals surface area contributed by atoms with Crippen molar-refractivity contribution in [3.8, 4) is 0 Å². The Balaban J connectivity index is 1.48. The number of rotatable bonds is 7. The molecule has 0 unspecified atom stereocenters. The first kappa shape index (κ1) is 20.0. The molecule has 1 aromatic heterocycles. The van der Waals surface area contributed by atoms with Gasteiger partial charge in [0.25, 0.3) is 0 Å². The first-order valence-corrected chi connectivity index (χ1v) is 11.4. The fourth-order valence-corrected chi connectivity index (χ4v) is 5.45. The van der Waals surface area contributed by atoms with Gasteiger partial charge in [-0.3, -0.25) is 9.69 Å². The second kappa shape index (κ2) is 8.97. The number of piperazine rings is 1. The van der Waals surface area contributed by atoms with Gasteiger partial charge < -0.3 is 4.90 Å². The minimum Gasteiger partial charge on any atom is -0.339 e. The average molecular weight is 408 g/mol. The highest BCUT2D eigenvalue weighted by molar-refractivity contribution is 7.88. The van der Waals surface area contributed by atoms with Crippen molar-refractivity contribution in [2.45, 2.75) is 12.3 Å². The van der Waals surface area contributed by atoms with Crippen molar-refractivity contribution >= 4 is 27.3 Å². The zero-order chi connectivity index (χ0) is 19.3. The highest BCUT2D eigenvalue weighted by atomic mass is 32.2. The van der Waals surface area contributed by atoms with Crippen molar-refractivity contribution in [3.63, 3.8) is 0 Å². The molecular weight excluding hydrogens is 382 g/mol. The highest BCUT2D eigenvalue weighted by Gasteiger charge is 2.29. The van der Waals surface area contributed by atoms with E-state index < -0.39 is 10.0 Å². The third-order valence-corrected chi connectivity index (χ3v) is 7.30. The zero-order valence-corrected chi connectivity index (χ0v) is 17.1. The van der Waals surface area contributed by atoms with E-state index in [0.29, 0.717) is 32.7 Å². The fourth-order valence-electron chi connectivity index (χ4n) is 3.15. The van der Waals surface area contributed by atoms with Crippen LogP contribution in [0.4, 0.5) is 0 Å². The molecule has 1 aromatic carbocycles. The summed E-state index contributed by atoms with van der Waals surface area (Å²) in [5, 5.41) is 2.03. The van der Waals surface area contributed by atoms with Crippen LogP contribution >= 0.6 is 11.3 Å². The Bertz CT molecular complexity index is 830. The second-order valence-electron chi connectivity index (χ2n) is 6.77. The van der Waals surface area contributed by atoms with Gasteiger partial charge in [-0.25, -0.2) is 8.42 Å². The fraction of sp³-hybridized carbons (Fsp3) is 0.421. The highest BCUT2D eigenvalue weighted by Crippen LogP contribution is 2.15. The molecule has 0 bridgehead atoms. The molecule has 0 radical (unpaired) electrons. The first-order chi connectivity index (χ1) is 12.9. The van der Waals surface area contributed by atoms with Crippen molar-refractivity contribution in [1.82, 2.24) is 14.1 Å². The zero-order valence-electron chi connectivity index (χ0n) is 15.5. The molecule has 0 saturated carbocycles. The van der Waals surface area contributed by atoms with Crippen molar-refractivity contribution in [3.05, 3.63) is 58.3 Å². The normalized spacial score (nSPS) is 16.0. The SMILES string of the molecule is CN(CC(=O)N1CCN(S(=O)(=O)Cc2ccccc2)CC1)Cc1cccs1. The number of hydrogen-bond donors (Lipinski definition) is 0. The van der Waals surface area contributed by atoms with E-state index in [4.69, 9.17) is 0 Å². The van der Waals surface area contributed by atoms with E-state index in [1.54, 1.807) is 16.2 Å². The third-order valence-electron chi connectivity index (χ3n) is 4.59.